The van der Waals surface area contributed by atoms with Crippen LogP contribution in [0.1, 0.15) is 11.7 Å². The molecule has 0 aliphatic rings. The van der Waals surface area contributed by atoms with Gasteiger partial charge in [-0.3, -0.25) is 0 Å². The third kappa shape index (κ3) is 2.77. The van der Waals surface area contributed by atoms with Crippen molar-refractivity contribution in [3.8, 4) is 0 Å². The summed E-state index contributed by atoms with van der Waals surface area (Å²) in [4.78, 5) is 0. The zero-order valence-electron chi connectivity index (χ0n) is 6.86. The number of thiophene rings is 1. The van der Waals surface area contributed by atoms with Crippen LogP contribution in [0.15, 0.2) is 29.5 Å². The molecule has 0 aromatic carbocycles. The van der Waals surface area contributed by atoms with E-state index in [1.54, 1.807) is 17.4 Å². The number of hydrogen-bond acceptors (Lipinski definition) is 3. The first-order valence-electron chi connectivity index (χ1n) is 3.86. The number of rotatable bonds is 5. The van der Waals surface area contributed by atoms with Gasteiger partial charge < -0.3 is 10.4 Å². The maximum absolute atomic E-state index is 9.55. The summed E-state index contributed by atoms with van der Waals surface area (Å²) in [7, 11) is 0. The summed E-state index contributed by atoms with van der Waals surface area (Å²) in [6.45, 7) is 4.90. The third-order valence-electron chi connectivity index (χ3n) is 1.55. The monoisotopic (exact) mass is 183 g/mol. The smallest absolute Gasteiger partial charge is 0.0922 e. The second kappa shape index (κ2) is 5.09. The topological polar surface area (TPSA) is 32.3 Å². The highest BCUT2D eigenvalue weighted by Gasteiger charge is 2.05. The van der Waals surface area contributed by atoms with Gasteiger partial charge in [0, 0.05) is 13.1 Å². The van der Waals surface area contributed by atoms with Gasteiger partial charge in [0.1, 0.15) is 0 Å². The van der Waals surface area contributed by atoms with Crippen LogP contribution in [-0.2, 0) is 0 Å². The lowest BCUT2D eigenvalue weighted by Crippen LogP contribution is -2.20. The molecule has 0 aliphatic carbocycles. The fourth-order valence-corrected chi connectivity index (χ4v) is 1.61. The van der Waals surface area contributed by atoms with Crippen molar-refractivity contribution in [1.29, 1.82) is 0 Å². The minimum absolute atomic E-state index is 0.392. The van der Waals surface area contributed by atoms with Crippen molar-refractivity contribution < 1.29 is 5.11 Å². The van der Waals surface area contributed by atoms with Crippen LogP contribution in [0.2, 0.25) is 0 Å². The van der Waals surface area contributed by atoms with E-state index in [2.05, 4.69) is 11.9 Å². The molecule has 0 bridgehead atoms. The van der Waals surface area contributed by atoms with E-state index in [-0.39, 0.29) is 0 Å². The highest BCUT2D eigenvalue weighted by molar-refractivity contribution is 7.07. The molecule has 0 spiro atoms. The molecular weight excluding hydrogens is 170 g/mol. The highest BCUT2D eigenvalue weighted by atomic mass is 32.1. The standard InChI is InChI=1S/C9H13NOS/c1-2-4-10-6-9(11)8-3-5-12-7-8/h2-3,5,7,9-11H,1,4,6H2. The molecule has 1 unspecified atom stereocenters. The van der Waals surface area contributed by atoms with Crippen LogP contribution in [0.3, 0.4) is 0 Å². The van der Waals surface area contributed by atoms with E-state index in [0.717, 1.165) is 12.1 Å². The van der Waals surface area contributed by atoms with Crippen LogP contribution in [-0.4, -0.2) is 18.2 Å². The van der Waals surface area contributed by atoms with E-state index in [0.29, 0.717) is 6.54 Å². The van der Waals surface area contributed by atoms with Crippen LogP contribution in [0.25, 0.3) is 0 Å². The zero-order valence-corrected chi connectivity index (χ0v) is 7.68. The van der Waals surface area contributed by atoms with Gasteiger partial charge in [0.25, 0.3) is 0 Å². The number of hydrogen-bond donors (Lipinski definition) is 2. The highest BCUT2D eigenvalue weighted by Crippen LogP contribution is 2.14. The predicted molar refractivity (Wildman–Crippen MR) is 52.3 cm³/mol. The molecule has 0 aliphatic heterocycles. The maximum Gasteiger partial charge on any atom is 0.0922 e. The predicted octanol–water partition coefficient (Wildman–Crippen LogP) is 1.56. The van der Waals surface area contributed by atoms with Crippen molar-refractivity contribution in [2.24, 2.45) is 0 Å². The molecule has 0 saturated heterocycles. The van der Waals surface area contributed by atoms with E-state index >= 15 is 0 Å². The van der Waals surface area contributed by atoms with Crippen molar-refractivity contribution in [3.05, 3.63) is 35.0 Å². The lowest BCUT2D eigenvalue weighted by atomic mass is 10.2. The number of aliphatic hydroxyl groups excluding tert-OH is 1. The summed E-state index contributed by atoms with van der Waals surface area (Å²) in [5.74, 6) is 0. The summed E-state index contributed by atoms with van der Waals surface area (Å²) in [5, 5.41) is 16.5. The zero-order chi connectivity index (χ0) is 8.81. The van der Waals surface area contributed by atoms with E-state index in [1.165, 1.54) is 0 Å². The van der Waals surface area contributed by atoms with Gasteiger partial charge in [0.05, 0.1) is 6.10 Å². The van der Waals surface area contributed by atoms with Crippen LogP contribution >= 0.6 is 11.3 Å². The van der Waals surface area contributed by atoms with Gasteiger partial charge in [-0.2, -0.15) is 11.3 Å². The molecule has 1 rings (SSSR count). The summed E-state index contributed by atoms with van der Waals surface area (Å²) in [5.41, 5.74) is 0.983. The lowest BCUT2D eigenvalue weighted by Gasteiger charge is -2.08. The molecule has 12 heavy (non-hydrogen) atoms. The van der Waals surface area contributed by atoms with E-state index in [4.69, 9.17) is 0 Å². The Balaban J connectivity index is 2.29. The minimum atomic E-state index is -0.392. The molecule has 2 N–H and O–H groups in total. The first kappa shape index (κ1) is 9.45. The molecule has 0 saturated carbocycles. The van der Waals surface area contributed by atoms with Crippen molar-refractivity contribution in [3.63, 3.8) is 0 Å². The minimum Gasteiger partial charge on any atom is -0.387 e. The van der Waals surface area contributed by atoms with Gasteiger partial charge in [0.15, 0.2) is 0 Å². The second-order valence-corrected chi connectivity index (χ2v) is 3.30. The Morgan fingerprint density at radius 1 is 1.75 bits per heavy atom. The Morgan fingerprint density at radius 2 is 2.58 bits per heavy atom. The Bertz CT molecular complexity index is 220. The van der Waals surface area contributed by atoms with E-state index in [9.17, 15) is 5.11 Å². The van der Waals surface area contributed by atoms with Crippen molar-refractivity contribution in [2.75, 3.05) is 13.1 Å². The summed E-state index contributed by atoms with van der Waals surface area (Å²) >= 11 is 1.60. The maximum atomic E-state index is 9.55. The molecule has 0 amide bonds. The molecule has 0 radical (unpaired) electrons. The summed E-state index contributed by atoms with van der Waals surface area (Å²) < 4.78 is 0. The summed E-state index contributed by atoms with van der Waals surface area (Å²) in [6.07, 6.45) is 1.39. The van der Waals surface area contributed by atoms with Crippen molar-refractivity contribution >= 4 is 11.3 Å². The van der Waals surface area contributed by atoms with Crippen molar-refractivity contribution in [1.82, 2.24) is 5.32 Å². The molecule has 3 heteroatoms. The normalized spacial score (nSPS) is 12.8. The van der Waals surface area contributed by atoms with Gasteiger partial charge in [-0.15, -0.1) is 6.58 Å². The molecule has 2 nitrogen and oxygen atoms in total. The van der Waals surface area contributed by atoms with Crippen LogP contribution in [0, 0.1) is 0 Å². The SMILES string of the molecule is C=CCNCC(O)c1ccsc1. The Morgan fingerprint density at radius 3 is 3.17 bits per heavy atom. The van der Waals surface area contributed by atoms with Gasteiger partial charge >= 0.3 is 0 Å². The fourth-order valence-electron chi connectivity index (χ4n) is 0.905. The first-order chi connectivity index (χ1) is 5.84. The molecule has 0 fully saturated rings. The van der Waals surface area contributed by atoms with Crippen LogP contribution in [0.5, 0.6) is 0 Å². The van der Waals surface area contributed by atoms with Gasteiger partial charge in [0.2, 0.25) is 0 Å². The first-order valence-corrected chi connectivity index (χ1v) is 4.80. The van der Waals surface area contributed by atoms with E-state index < -0.39 is 6.10 Å². The number of aliphatic hydroxyl groups is 1. The molecular formula is C9H13NOS. The van der Waals surface area contributed by atoms with Gasteiger partial charge in [-0.25, -0.2) is 0 Å². The molecule has 1 atom stereocenters. The molecule has 1 heterocycles. The Labute approximate surface area is 76.6 Å². The molecule has 66 valence electrons. The quantitative estimate of drug-likeness (QED) is 0.536. The summed E-state index contributed by atoms with van der Waals surface area (Å²) in [6, 6.07) is 1.94. The van der Waals surface area contributed by atoms with E-state index in [1.807, 2.05) is 16.8 Å². The Kier molecular flexibility index (Phi) is 4.00. The number of nitrogens with one attached hydrogen (secondary N) is 1. The molecule has 1 aromatic heterocycles. The van der Waals surface area contributed by atoms with Crippen LogP contribution in [0.4, 0.5) is 0 Å². The Hall–Kier alpha value is -0.640. The van der Waals surface area contributed by atoms with Gasteiger partial charge in [-0.1, -0.05) is 6.08 Å². The van der Waals surface area contributed by atoms with Crippen LogP contribution < -0.4 is 5.32 Å². The second-order valence-electron chi connectivity index (χ2n) is 2.52. The lowest BCUT2D eigenvalue weighted by molar-refractivity contribution is 0.177. The largest absolute Gasteiger partial charge is 0.387 e. The fraction of sp³-hybridized carbons (Fsp3) is 0.333. The average Bonchev–Trinajstić information content (AvgIpc) is 2.56. The third-order valence-corrected chi connectivity index (χ3v) is 2.26. The average molecular weight is 183 g/mol. The van der Waals surface area contributed by atoms with Gasteiger partial charge in [-0.05, 0) is 22.4 Å². The molecule has 1 aromatic rings. The van der Waals surface area contributed by atoms with Crippen molar-refractivity contribution in [2.45, 2.75) is 6.10 Å².